The molecule has 0 atom stereocenters. The summed E-state index contributed by atoms with van der Waals surface area (Å²) in [6.07, 6.45) is 1.05. The van der Waals surface area contributed by atoms with E-state index in [1.807, 2.05) is 19.9 Å². The van der Waals surface area contributed by atoms with Crippen molar-refractivity contribution in [2.45, 2.75) is 38.6 Å². The molecule has 6 heteroatoms. The second-order valence-corrected chi connectivity index (χ2v) is 6.55. The van der Waals surface area contributed by atoms with Gasteiger partial charge in [-0.1, -0.05) is 19.1 Å². The van der Waals surface area contributed by atoms with Crippen molar-refractivity contribution in [3.05, 3.63) is 29.3 Å². The quantitative estimate of drug-likeness (QED) is 0.646. The highest BCUT2D eigenvalue weighted by atomic mass is 32.2. The average Bonchev–Trinajstić information content (AvgIpc) is 2.45. The van der Waals surface area contributed by atoms with Gasteiger partial charge in [-0.25, -0.2) is 13.1 Å². The van der Waals surface area contributed by atoms with E-state index in [0.29, 0.717) is 24.7 Å². The Morgan fingerprint density at radius 1 is 1.19 bits per heavy atom. The monoisotopic (exact) mass is 314 g/mol. The summed E-state index contributed by atoms with van der Waals surface area (Å²) < 4.78 is 32.3. The molecule has 0 saturated heterocycles. The molecule has 0 bridgehead atoms. The Balaban J connectivity index is 2.79. The summed E-state index contributed by atoms with van der Waals surface area (Å²) >= 11 is 0. The third kappa shape index (κ3) is 5.74. The number of nitrogens with one attached hydrogen (secondary N) is 2. The molecule has 1 aromatic carbocycles. The zero-order valence-electron chi connectivity index (χ0n) is 13.1. The minimum atomic E-state index is -3.48. The molecule has 0 heterocycles. The van der Waals surface area contributed by atoms with Crippen molar-refractivity contribution in [2.75, 3.05) is 26.3 Å². The van der Waals surface area contributed by atoms with Crippen molar-refractivity contribution in [1.82, 2.24) is 10.0 Å². The number of benzene rings is 1. The largest absolute Gasteiger partial charge is 0.380 e. The lowest BCUT2D eigenvalue weighted by Crippen LogP contribution is -2.28. The minimum absolute atomic E-state index is 0.286. The highest BCUT2D eigenvalue weighted by Gasteiger charge is 2.17. The summed E-state index contributed by atoms with van der Waals surface area (Å²) in [7, 11) is -3.48. The lowest BCUT2D eigenvalue weighted by molar-refractivity contribution is 0.153. The van der Waals surface area contributed by atoms with Crippen LogP contribution in [0.15, 0.2) is 23.1 Å². The molecule has 0 saturated carbocycles. The Kier molecular flexibility index (Phi) is 7.88. The van der Waals surface area contributed by atoms with Crippen LogP contribution in [0.5, 0.6) is 0 Å². The van der Waals surface area contributed by atoms with E-state index in [2.05, 4.69) is 17.0 Å². The molecule has 120 valence electrons. The molecule has 0 radical (unpaired) electrons. The van der Waals surface area contributed by atoms with Crippen molar-refractivity contribution in [1.29, 1.82) is 0 Å². The number of hydrogen-bond acceptors (Lipinski definition) is 4. The predicted octanol–water partition coefficient (Wildman–Crippen LogP) is 1.81. The van der Waals surface area contributed by atoms with Crippen LogP contribution in [-0.2, 0) is 21.3 Å². The smallest absolute Gasteiger partial charge is 0.240 e. The molecule has 0 aromatic heterocycles. The maximum absolute atomic E-state index is 12.3. The molecule has 0 spiro atoms. The molecule has 5 nitrogen and oxygen atoms in total. The second-order valence-electron chi connectivity index (χ2n) is 4.81. The van der Waals surface area contributed by atoms with Crippen LogP contribution in [-0.4, -0.2) is 34.7 Å². The molecule has 1 rings (SSSR count). The van der Waals surface area contributed by atoms with E-state index in [9.17, 15) is 8.42 Å². The Morgan fingerprint density at radius 2 is 1.95 bits per heavy atom. The molecule has 21 heavy (non-hydrogen) atoms. The van der Waals surface area contributed by atoms with E-state index in [-0.39, 0.29) is 6.54 Å². The summed E-state index contributed by atoms with van der Waals surface area (Å²) in [5.74, 6) is 0. The van der Waals surface area contributed by atoms with Gasteiger partial charge in [-0.15, -0.1) is 0 Å². The van der Waals surface area contributed by atoms with Gasteiger partial charge in [0, 0.05) is 19.7 Å². The van der Waals surface area contributed by atoms with Crippen LogP contribution < -0.4 is 10.0 Å². The van der Waals surface area contributed by atoms with Crippen molar-refractivity contribution < 1.29 is 13.2 Å². The molecule has 2 N–H and O–H groups in total. The standard InChI is InChI=1S/C15H26N2O3S/c1-4-9-16-12-14-7-6-8-15(13(14)3)21(18,19)17-10-11-20-5-2/h6-8,16-17H,4-5,9-12H2,1-3H3. The Hall–Kier alpha value is -0.950. The summed E-state index contributed by atoms with van der Waals surface area (Å²) in [5.41, 5.74) is 1.81. The van der Waals surface area contributed by atoms with Crippen LogP contribution in [0, 0.1) is 6.92 Å². The normalized spacial score (nSPS) is 11.8. The van der Waals surface area contributed by atoms with Crippen LogP contribution in [0.4, 0.5) is 0 Å². The third-order valence-corrected chi connectivity index (χ3v) is 4.78. The van der Waals surface area contributed by atoms with Gasteiger partial charge >= 0.3 is 0 Å². The number of rotatable bonds is 10. The van der Waals surface area contributed by atoms with Gasteiger partial charge in [-0.2, -0.15) is 0 Å². The first kappa shape index (κ1) is 18.1. The van der Waals surface area contributed by atoms with Gasteiger partial charge in [0.2, 0.25) is 10.0 Å². The number of hydrogen-bond donors (Lipinski definition) is 2. The highest BCUT2D eigenvalue weighted by molar-refractivity contribution is 7.89. The Labute approximate surface area is 128 Å². The Morgan fingerprint density at radius 3 is 2.62 bits per heavy atom. The van der Waals surface area contributed by atoms with Gasteiger partial charge in [-0.05, 0) is 44.0 Å². The van der Waals surface area contributed by atoms with Gasteiger partial charge in [0.15, 0.2) is 0 Å². The second kappa shape index (κ2) is 9.15. The fraction of sp³-hybridized carbons (Fsp3) is 0.600. The molecule has 0 aliphatic rings. The summed E-state index contributed by atoms with van der Waals surface area (Å²) in [4.78, 5) is 0.342. The van der Waals surface area contributed by atoms with Gasteiger partial charge < -0.3 is 10.1 Å². The van der Waals surface area contributed by atoms with Crippen LogP contribution >= 0.6 is 0 Å². The zero-order valence-corrected chi connectivity index (χ0v) is 13.9. The molecule has 0 fully saturated rings. The molecule has 0 aliphatic carbocycles. The first-order valence-corrected chi connectivity index (χ1v) is 8.87. The number of ether oxygens (including phenoxy) is 1. The third-order valence-electron chi connectivity index (χ3n) is 3.17. The maximum atomic E-state index is 12.3. The lowest BCUT2D eigenvalue weighted by Gasteiger charge is -2.13. The first-order chi connectivity index (χ1) is 10.0. The molecule has 1 aromatic rings. The SMILES string of the molecule is CCCNCc1cccc(S(=O)(=O)NCCOCC)c1C. The average molecular weight is 314 g/mol. The van der Waals surface area contributed by atoms with Crippen LogP contribution in [0.25, 0.3) is 0 Å². The maximum Gasteiger partial charge on any atom is 0.240 e. The van der Waals surface area contributed by atoms with E-state index < -0.39 is 10.0 Å². The first-order valence-electron chi connectivity index (χ1n) is 7.39. The van der Waals surface area contributed by atoms with E-state index in [4.69, 9.17) is 4.74 Å². The van der Waals surface area contributed by atoms with E-state index >= 15 is 0 Å². The molecular formula is C15H26N2O3S. The molecule has 0 amide bonds. The fourth-order valence-corrected chi connectivity index (χ4v) is 3.31. The van der Waals surface area contributed by atoms with Crippen molar-refractivity contribution in [2.24, 2.45) is 0 Å². The van der Waals surface area contributed by atoms with Crippen molar-refractivity contribution in [3.63, 3.8) is 0 Å². The summed E-state index contributed by atoms with van der Waals surface area (Å²) in [5, 5.41) is 3.30. The highest BCUT2D eigenvalue weighted by Crippen LogP contribution is 2.18. The Bertz CT molecular complexity index is 530. The predicted molar refractivity (Wildman–Crippen MR) is 84.9 cm³/mol. The van der Waals surface area contributed by atoms with Crippen LogP contribution in [0.1, 0.15) is 31.4 Å². The lowest BCUT2D eigenvalue weighted by atomic mass is 10.1. The topological polar surface area (TPSA) is 67.4 Å². The van der Waals surface area contributed by atoms with Gasteiger partial charge in [0.1, 0.15) is 0 Å². The van der Waals surface area contributed by atoms with Crippen molar-refractivity contribution in [3.8, 4) is 0 Å². The minimum Gasteiger partial charge on any atom is -0.380 e. The van der Waals surface area contributed by atoms with E-state index in [1.165, 1.54) is 0 Å². The molecule has 0 unspecified atom stereocenters. The summed E-state index contributed by atoms with van der Waals surface area (Å²) in [6, 6.07) is 5.38. The molecular weight excluding hydrogens is 288 g/mol. The fourth-order valence-electron chi connectivity index (χ4n) is 2.01. The van der Waals surface area contributed by atoms with Crippen molar-refractivity contribution >= 4 is 10.0 Å². The molecule has 0 aliphatic heterocycles. The van der Waals surface area contributed by atoms with Gasteiger partial charge in [0.05, 0.1) is 11.5 Å². The van der Waals surface area contributed by atoms with E-state index in [0.717, 1.165) is 24.1 Å². The van der Waals surface area contributed by atoms with Gasteiger partial charge in [0.25, 0.3) is 0 Å². The zero-order chi connectivity index (χ0) is 15.7. The number of sulfonamides is 1. The van der Waals surface area contributed by atoms with Crippen LogP contribution in [0.2, 0.25) is 0 Å². The van der Waals surface area contributed by atoms with E-state index in [1.54, 1.807) is 12.1 Å². The van der Waals surface area contributed by atoms with Gasteiger partial charge in [-0.3, -0.25) is 0 Å². The van der Waals surface area contributed by atoms with Crippen LogP contribution in [0.3, 0.4) is 0 Å². The summed E-state index contributed by atoms with van der Waals surface area (Å²) in [6.45, 7) is 8.68.